The van der Waals surface area contributed by atoms with Gasteiger partial charge in [0.15, 0.2) is 0 Å². The van der Waals surface area contributed by atoms with E-state index in [1.165, 1.54) is 0 Å². The maximum absolute atomic E-state index is 11.6. The SMILES string of the molecule is CC(C)(C)NS(=O)(=O)C=CS(=O)(=O)NC(C)(C)C. The van der Waals surface area contributed by atoms with E-state index in [9.17, 15) is 16.8 Å². The molecule has 0 aliphatic heterocycles. The van der Waals surface area contributed by atoms with Crippen molar-refractivity contribution in [2.45, 2.75) is 52.6 Å². The number of rotatable bonds is 4. The smallest absolute Gasteiger partial charge is 0.208 e. The van der Waals surface area contributed by atoms with Gasteiger partial charge in [-0.15, -0.1) is 0 Å². The Kier molecular flexibility index (Phi) is 5.15. The Bertz CT molecular complexity index is 457. The molecule has 108 valence electrons. The zero-order valence-electron chi connectivity index (χ0n) is 11.6. The fraction of sp³-hybridized carbons (Fsp3) is 0.800. The van der Waals surface area contributed by atoms with Gasteiger partial charge in [0, 0.05) is 11.1 Å². The normalized spacial score (nSPS) is 15.2. The highest BCUT2D eigenvalue weighted by atomic mass is 32.2. The number of nitrogens with one attached hydrogen (secondary N) is 2. The highest BCUT2D eigenvalue weighted by Crippen LogP contribution is 2.06. The third-order valence-corrected chi connectivity index (χ3v) is 4.27. The molecule has 0 unspecified atom stereocenters. The summed E-state index contributed by atoms with van der Waals surface area (Å²) in [5.41, 5.74) is -1.32. The van der Waals surface area contributed by atoms with Crippen molar-refractivity contribution < 1.29 is 16.8 Å². The Balaban J connectivity index is 4.96. The summed E-state index contributed by atoms with van der Waals surface area (Å²) in [6.07, 6.45) is 0. The van der Waals surface area contributed by atoms with Crippen LogP contribution in [-0.4, -0.2) is 27.9 Å². The molecular formula is C10H22N2O4S2. The zero-order valence-corrected chi connectivity index (χ0v) is 13.2. The van der Waals surface area contributed by atoms with Crippen molar-refractivity contribution in [3.63, 3.8) is 0 Å². The highest BCUT2D eigenvalue weighted by Gasteiger charge is 2.20. The molecule has 2 N–H and O–H groups in total. The summed E-state index contributed by atoms with van der Waals surface area (Å²) in [5.74, 6) is 0. The van der Waals surface area contributed by atoms with Crippen LogP contribution in [0, 0.1) is 0 Å². The summed E-state index contributed by atoms with van der Waals surface area (Å²) in [6.45, 7) is 10.0. The van der Waals surface area contributed by atoms with Crippen molar-refractivity contribution >= 4 is 20.0 Å². The van der Waals surface area contributed by atoms with E-state index in [0.717, 1.165) is 0 Å². The van der Waals surface area contributed by atoms with E-state index in [1.807, 2.05) is 0 Å². The van der Waals surface area contributed by atoms with Crippen LogP contribution in [0.15, 0.2) is 10.8 Å². The van der Waals surface area contributed by atoms with Gasteiger partial charge in [0.1, 0.15) is 0 Å². The lowest BCUT2D eigenvalue weighted by atomic mass is 10.1. The molecule has 18 heavy (non-hydrogen) atoms. The largest absolute Gasteiger partial charge is 0.234 e. The predicted molar refractivity (Wildman–Crippen MR) is 72.8 cm³/mol. The molecule has 0 saturated carbocycles. The van der Waals surface area contributed by atoms with Crippen LogP contribution in [0.5, 0.6) is 0 Å². The van der Waals surface area contributed by atoms with Crippen molar-refractivity contribution in [2.75, 3.05) is 0 Å². The number of sulfonamides is 2. The van der Waals surface area contributed by atoms with Crippen molar-refractivity contribution in [3.8, 4) is 0 Å². The monoisotopic (exact) mass is 298 g/mol. The minimum Gasteiger partial charge on any atom is -0.208 e. The summed E-state index contributed by atoms with van der Waals surface area (Å²) < 4.78 is 50.9. The predicted octanol–water partition coefficient (Wildman–Crippen LogP) is 0.893. The first-order valence-electron chi connectivity index (χ1n) is 5.38. The lowest BCUT2D eigenvalue weighted by Crippen LogP contribution is -2.41. The maximum Gasteiger partial charge on any atom is 0.234 e. The second-order valence-electron chi connectivity index (χ2n) is 6.07. The topological polar surface area (TPSA) is 92.3 Å². The van der Waals surface area contributed by atoms with Crippen LogP contribution in [0.4, 0.5) is 0 Å². The lowest BCUT2D eigenvalue weighted by molar-refractivity contribution is 0.493. The molecule has 0 heterocycles. The molecule has 0 saturated heterocycles. The second-order valence-corrected chi connectivity index (χ2v) is 9.20. The Hall–Kier alpha value is -0.440. The molecule has 6 nitrogen and oxygen atoms in total. The molecule has 0 amide bonds. The van der Waals surface area contributed by atoms with Crippen LogP contribution in [0.3, 0.4) is 0 Å². The zero-order chi connectivity index (χ0) is 14.8. The third kappa shape index (κ3) is 9.58. The van der Waals surface area contributed by atoms with E-state index in [1.54, 1.807) is 41.5 Å². The van der Waals surface area contributed by atoms with E-state index in [4.69, 9.17) is 0 Å². The van der Waals surface area contributed by atoms with Crippen LogP contribution in [0.2, 0.25) is 0 Å². The van der Waals surface area contributed by atoms with Gasteiger partial charge in [0.25, 0.3) is 0 Å². The van der Waals surface area contributed by atoms with Gasteiger partial charge in [0.05, 0.1) is 10.8 Å². The minimum atomic E-state index is -3.78. The first kappa shape index (κ1) is 17.6. The average Bonchev–Trinajstić information content (AvgIpc) is 1.91. The van der Waals surface area contributed by atoms with Gasteiger partial charge >= 0.3 is 0 Å². The van der Waals surface area contributed by atoms with E-state index in [-0.39, 0.29) is 0 Å². The van der Waals surface area contributed by atoms with Gasteiger partial charge in [-0.3, -0.25) is 0 Å². The molecule has 0 aromatic heterocycles. The van der Waals surface area contributed by atoms with E-state index in [2.05, 4.69) is 9.44 Å². The number of hydrogen-bond acceptors (Lipinski definition) is 4. The quantitative estimate of drug-likeness (QED) is 0.806. The molecule has 0 rings (SSSR count). The van der Waals surface area contributed by atoms with Gasteiger partial charge in [0.2, 0.25) is 20.0 Å². The molecule has 0 atom stereocenters. The average molecular weight is 298 g/mol. The Labute approximate surface area is 110 Å². The first-order chi connectivity index (χ1) is 7.62. The van der Waals surface area contributed by atoms with Crippen molar-refractivity contribution in [2.24, 2.45) is 0 Å². The number of hydrogen-bond donors (Lipinski definition) is 2. The van der Waals surface area contributed by atoms with E-state index >= 15 is 0 Å². The summed E-state index contributed by atoms with van der Waals surface area (Å²) in [7, 11) is -7.56. The minimum absolute atomic E-state index is 0.645. The van der Waals surface area contributed by atoms with E-state index in [0.29, 0.717) is 10.8 Å². The van der Waals surface area contributed by atoms with Crippen LogP contribution < -0.4 is 9.44 Å². The molecule has 0 radical (unpaired) electrons. The molecule has 8 heteroatoms. The standard InChI is InChI=1S/C10H22N2O4S2/c1-9(2,3)11-17(13,14)7-8-18(15,16)12-10(4,5)6/h7-8,11-12H,1-6H3. The fourth-order valence-electron chi connectivity index (χ4n) is 1.07. The van der Waals surface area contributed by atoms with Gasteiger partial charge in [-0.2, -0.15) is 0 Å². The molecule has 0 aliphatic carbocycles. The Morgan fingerprint density at radius 2 is 0.889 bits per heavy atom. The first-order valence-corrected chi connectivity index (χ1v) is 8.47. The molecule has 0 spiro atoms. The van der Waals surface area contributed by atoms with Crippen molar-refractivity contribution in [1.29, 1.82) is 0 Å². The van der Waals surface area contributed by atoms with Crippen molar-refractivity contribution in [3.05, 3.63) is 10.8 Å². The van der Waals surface area contributed by atoms with Gasteiger partial charge in [-0.1, -0.05) is 0 Å². The molecule has 0 aromatic carbocycles. The molecule has 0 aromatic rings. The molecular weight excluding hydrogens is 276 g/mol. The Morgan fingerprint density at radius 1 is 0.667 bits per heavy atom. The van der Waals surface area contributed by atoms with Gasteiger partial charge in [-0.05, 0) is 41.5 Å². The van der Waals surface area contributed by atoms with Crippen molar-refractivity contribution in [1.82, 2.24) is 9.44 Å². The summed E-state index contributed by atoms with van der Waals surface area (Å²) in [6, 6.07) is 0. The van der Waals surface area contributed by atoms with E-state index < -0.39 is 31.1 Å². The molecule has 0 bridgehead atoms. The van der Waals surface area contributed by atoms with Crippen LogP contribution in [-0.2, 0) is 20.0 Å². The summed E-state index contributed by atoms with van der Waals surface area (Å²) >= 11 is 0. The van der Waals surface area contributed by atoms with Crippen LogP contribution in [0.1, 0.15) is 41.5 Å². The third-order valence-electron chi connectivity index (χ3n) is 1.31. The van der Waals surface area contributed by atoms with Gasteiger partial charge < -0.3 is 0 Å². The second kappa shape index (κ2) is 5.28. The summed E-state index contributed by atoms with van der Waals surface area (Å²) in [5, 5.41) is 1.29. The molecule has 0 fully saturated rings. The fourth-order valence-corrected chi connectivity index (χ4v) is 4.08. The van der Waals surface area contributed by atoms with Gasteiger partial charge in [-0.25, -0.2) is 26.3 Å². The lowest BCUT2D eigenvalue weighted by Gasteiger charge is -2.20. The van der Waals surface area contributed by atoms with Crippen LogP contribution in [0.25, 0.3) is 0 Å². The van der Waals surface area contributed by atoms with Crippen LogP contribution >= 0.6 is 0 Å². The Morgan fingerprint density at radius 3 is 1.06 bits per heavy atom. The molecule has 0 aliphatic rings. The highest BCUT2D eigenvalue weighted by molar-refractivity contribution is 7.95. The maximum atomic E-state index is 11.6. The summed E-state index contributed by atoms with van der Waals surface area (Å²) in [4.78, 5) is 0.